The lowest BCUT2D eigenvalue weighted by atomic mass is 9.62. The first-order chi connectivity index (χ1) is 32.4. The van der Waals surface area contributed by atoms with Gasteiger partial charge in [0.15, 0.2) is 0 Å². The van der Waals surface area contributed by atoms with Gasteiger partial charge in [-0.25, -0.2) is 0 Å². The highest BCUT2D eigenvalue weighted by Crippen LogP contribution is 2.56. The first-order valence-corrected chi connectivity index (χ1v) is 23.8. The molecule has 66 heavy (non-hydrogen) atoms. The summed E-state index contributed by atoms with van der Waals surface area (Å²) in [5.74, 6) is 4.29. The van der Waals surface area contributed by atoms with E-state index in [1.54, 1.807) is 14.2 Å². The van der Waals surface area contributed by atoms with Crippen molar-refractivity contribution in [1.29, 1.82) is 0 Å². The van der Waals surface area contributed by atoms with Crippen LogP contribution in [0.25, 0.3) is 0 Å². The first-order valence-electron chi connectivity index (χ1n) is 23.8. The molecule has 10 nitrogen and oxygen atoms in total. The molecule has 2 fully saturated rings. The highest BCUT2D eigenvalue weighted by Gasteiger charge is 2.62. The number of rotatable bonds is 21. The molecule has 2 aliphatic heterocycles. The van der Waals surface area contributed by atoms with Gasteiger partial charge in [-0.2, -0.15) is 0 Å². The molecule has 0 bridgehead atoms. The smallest absolute Gasteiger partial charge is 0.119 e. The fourth-order valence-electron chi connectivity index (χ4n) is 10.8. The van der Waals surface area contributed by atoms with E-state index in [2.05, 4.69) is 94.4 Å². The number of pyridine rings is 2. The van der Waals surface area contributed by atoms with Gasteiger partial charge in [-0.1, -0.05) is 72.8 Å². The summed E-state index contributed by atoms with van der Waals surface area (Å²) in [4.78, 5) is 21.2. The molecule has 4 heterocycles. The SMILES string of the molecule is COc1cccc(C(c2ccccn2)(N(C)CC2CCN(CCOc3ccccc3)CC2)[C@](c2cccc(OC)c2)(c2ccccn2)N(C)CC2CCN(CCOc3ccccc3)CC2)c1. The number of hydrogen-bond acceptors (Lipinski definition) is 10. The van der Waals surface area contributed by atoms with E-state index < -0.39 is 11.1 Å². The summed E-state index contributed by atoms with van der Waals surface area (Å²) in [6.45, 7) is 8.90. The molecule has 2 atom stereocenters. The van der Waals surface area contributed by atoms with E-state index in [0.29, 0.717) is 25.0 Å². The second kappa shape index (κ2) is 22.6. The summed E-state index contributed by atoms with van der Waals surface area (Å²) < 4.78 is 24.4. The fraction of sp³-hybridized carbons (Fsp3) is 0.393. The maximum absolute atomic E-state index is 6.12. The predicted molar refractivity (Wildman–Crippen MR) is 263 cm³/mol. The number of aromatic nitrogens is 2. The van der Waals surface area contributed by atoms with E-state index in [-0.39, 0.29) is 0 Å². The quantitative estimate of drug-likeness (QED) is 0.0699. The van der Waals surface area contributed by atoms with Crippen LogP contribution in [0.4, 0.5) is 0 Å². The fourth-order valence-corrected chi connectivity index (χ4v) is 10.8. The van der Waals surface area contributed by atoms with Crippen molar-refractivity contribution in [3.05, 3.63) is 181 Å². The summed E-state index contributed by atoms with van der Waals surface area (Å²) in [5.41, 5.74) is 2.12. The largest absolute Gasteiger partial charge is 0.497 e. The lowest BCUT2D eigenvalue weighted by Gasteiger charge is -2.59. The Balaban J connectivity index is 1.19. The zero-order chi connectivity index (χ0) is 45.6. The van der Waals surface area contributed by atoms with Gasteiger partial charge in [-0.05, 0) is 162 Å². The van der Waals surface area contributed by atoms with Crippen LogP contribution in [0, 0.1) is 11.8 Å². The van der Waals surface area contributed by atoms with E-state index in [1.165, 1.54) is 0 Å². The van der Waals surface area contributed by atoms with E-state index in [1.807, 2.05) is 97.3 Å². The minimum absolute atomic E-state index is 0.433. The Hall–Kier alpha value is -5.78. The van der Waals surface area contributed by atoms with Crippen LogP contribution in [0.1, 0.15) is 48.2 Å². The number of para-hydroxylation sites is 2. The topological polar surface area (TPSA) is 75.7 Å². The molecule has 2 saturated heterocycles. The monoisotopic (exact) mass is 889 g/mol. The summed E-state index contributed by atoms with van der Waals surface area (Å²) in [7, 11) is 8.14. The zero-order valence-electron chi connectivity index (χ0n) is 39.4. The number of benzene rings is 4. The van der Waals surface area contributed by atoms with Crippen molar-refractivity contribution in [2.75, 3.05) is 93.9 Å². The highest BCUT2D eigenvalue weighted by atomic mass is 16.5. The number of ether oxygens (including phenoxy) is 4. The third-order valence-corrected chi connectivity index (χ3v) is 14.0. The van der Waals surface area contributed by atoms with Crippen LogP contribution in [0.3, 0.4) is 0 Å². The minimum atomic E-state index is -0.950. The van der Waals surface area contributed by atoms with E-state index in [4.69, 9.17) is 28.9 Å². The van der Waals surface area contributed by atoms with Crippen molar-refractivity contribution in [1.82, 2.24) is 29.6 Å². The molecule has 1 unspecified atom stereocenters. The minimum Gasteiger partial charge on any atom is -0.497 e. The molecular formula is C56H68N6O4. The lowest BCUT2D eigenvalue weighted by molar-refractivity contribution is -0.0388. The predicted octanol–water partition coefficient (Wildman–Crippen LogP) is 9.13. The first kappa shape index (κ1) is 46.7. The van der Waals surface area contributed by atoms with Gasteiger partial charge in [0.05, 0.1) is 25.6 Å². The van der Waals surface area contributed by atoms with Crippen LogP contribution >= 0.6 is 0 Å². The average Bonchev–Trinajstić information content (AvgIpc) is 3.37. The van der Waals surface area contributed by atoms with Crippen LogP contribution in [0.15, 0.2) is 158 Å². The second-order valence-corrected chi connectivity index (χ2v) is 18.0. The molecule has 0 saturated carbocycles. The number of hydrogen-bond donors (Lipinski definition) is 0. The molecule has 2 aromatic heterocycles. The number of likely N-dealkylation sites (tertiary alicyclic amines) is 2. The summed E-state index contributed by atoms with van der Waals surface area (Å²) in [5, 5.41) is 0. The Morgan fingerprint density at radius 1 is 0.485 bits per heavy atom. The van der Waals surface area contributed by atoms with Gasteiger partial charge >= 0.3 is 0 Å². The van der Waals surface area contributed by atoms with Gasteiger partial charge < -0.3 is 18.9 Å². The molecule has 4 aromatic carbocycles. The maximum atomic E-state index is 6.12. The van der Waals surface area contributed by atoms with Crippen LogP contribution in [-0.4, -0.2) is 123 Å². The normalized spacial score (nSPS) is 17.2. The van der Waals surface area contributed by atoms with Crippen LogP contribution in [-0.2, 0) is 11.1 Å². The third kappa shape index (κ3) is 10.4. The summed E-state index contributed by atoms with van der Waals surface area (Å²) >= 11 is 0. The molecule has 0 aliphatic carbocycles. The lowest BCUT2D eigenvalue weighted by Crippen LogP contribution is -2.68. The summed E-state index contributed by atoms with van der Waals surface area (Å²) in [6, 6.07) is 50.3. The third-order valence-electron chi connectivity index (χ3n) is 14.0. The van der Waals surface area contributed by atoms with E-state index in [0.717, 1.165) is 124 Å². The molecule has 0 N–H and O–H groups in total. The second-order valence-electron chi connectivity index (χ2n) is 18.0. The number of piperidine rings is 2. The van der Waals surface area contributed by atoms with Crippen molar-refractivity contribution in [2.45, 2.75) is 36.8 Å². The Kier molecular flexibility index (Phi) is 16.0. The van der Waals surface area contributed by atoms with Gasteiger partial charge in [-0.15, -0.1) is 0 Å². The van der Waals surface area contributed by atoms with Crippen molar-refractivity contribution in [3.8, 4) is 23.0 Å². The molecule has 10 heteroatoms. The van der Waals surface area contributed by atoms with Crippen molar-refractivity contribution >= 4 is 0 Å². The highest BCUT2D eigenvalue weighted by molar-refractivity contribution is 5.54. The Labute approximate surface area is 393 Å². The molecule has 346 valence electrons. The molecule has 2 aliphatic rings. The number of nitrogens with zero attached hydrogens (tertiary/aromatic N) is 6. The standard InChI is InChI=1S/C56H68N6O4/c1-59(43-45-27-33-61(34-28-45)37-39-65-49-19-7-5-8-20-49)55(53-25-11-13-31-57-53,47-17-15-23-51(41-47)63-3)56(54-26-12-14-32-58-54,48-18-16-24-52(42-48)64-4)60(2)44-46-29-35-62(36-30-46)38-40-66-50-21-9-6-10-22-50/h5-26,31-32,41-42,45-46H,27-30,33-40,43-44H2,1-4H3/t55-,56?/m0/s1. The van der Waals surface area contributed by atoms with Gasteiger partial charge in [0.1, 0.15) is 47.3 Å². The molecule has 0 spiro atoms. The molecule has 8 rings (SSSR count). The van der Waals surface area contributed by atoms with Gasteiger partial charge in [0, 0.05) is 38.6 Å². The van der Waals surface area contributed by atoms with Gasteiger partial charge in [0.2, 0.25) is 0 Å². The Morgan fingerprint density at radius 2 is 0.864 bits per heavy atom. The van der Waals surface area contributed by atoms with E-state index in [9.17, 15) is 0 Å². The Bertz CT molecular complexity index is 2180. The molecule has 0 amide bonds. The number of methoxy groups -OCH3 is 2. The van der Waals surface area contributed by atoms with Crippen LogP contribution in [0.2, 0.25) is 0 Å². The van der Waals surface area contributed by atoms with Gasteiger partial charge in [-0.3, -0.25) is 29.6 Å². The van der Waals surface area contributed by atoms with Crippen molar-refractivity contribution in [3.63, 3.8) is 0 Å². The average molecular weight is 889 g/mol. The molecule has 0 radical (unpaired) electrons. The van der Waals surface area contributed by atoms with Gasteiger partial charge in [0.25, 0.3) is 0 Å². The maximum Gasteiger partial charge on any atom is 0.119 e. The number of likely N-dealkylation sites (N-methyl/N-ethyl adjacent to an activating group) is 2. The summed E-state index contributed by atoms with van der Waals surface area (Å²) in [6.07, 6.45) is 8.19. The zero-order valence-corrected chi connectivity index (χ0v) is 39.4. The Morgan fingerprint density at radius 3 is 1.23 bits per heavy atom. The van der Waals surface area contributed by atoms with Crippen LogP contribution in [0.5, 0.6) is 23.0 Å². The van der Waals surface area contributed by atoms with Crippen molar-refractivity contribution < 1.29 is 18.9 Å². The molecule has 6 aromatic rings. The molecular weight excluding hydrogens is 821 g/mol. The van der Waals surface area contributed by atoms with Crippen molar-refractivity contribution in [2.24, 2.45) is 11.8 Å². The van der Waals surface area contributed by atoms with E-state index >= 15 is 0 Å². The van der Waals surface area contributed by atoms with Crippen LogP contribution < -0.4 is 18.9 Å².